The first-order valence-corrected chi connectivity index (χ1v) is 9.54. The van der Waals surface area contributed by atoms with Crippen LogP contribution in [-0.2, 0) is 16.0 Å². The van der Waals surface area contributed by atoms with Crippen LogP contribution < -0.4 is 14.8 Å². The second kappa shape index (κ2) is 10.7. The lowest BCUT2D eigenvalue weighted by Crippen LogP contribution is -2.30. The Kier molecular flexibility index (Phi) is 7.44. The molecule has 6 nitrogen and oxygen atoms in total. The summed E-state index contributed by atoms with van der Waals surface area (Å²) in [5.74, 6) is 0.777. The van der Waals surface area contributed by atoms with Crippen LogP contribution in [0.2, 0.25) is 0 Å². The van der Waals surface area contributed by atoms with Gasteiger partial charge in [0.05, 0.1) is 7.11 Å². The Labute approximate surface area is 175 Å². The number of methoxy groups -OCH3 is 1. The van der Waals surface area contributed by atoms with Gasteiger partial charge in [-0.1, -0.05) is 42.5 Å². The van der Waals surface area contributed by atoms with E-state index in [0.29, 0.717) is 24.5 Å². The van der Waals surface area contributed by atoms with E-state index < -0.39 is 5.97 Å². The molecule has 0 bridgehead atoms. The van der Waals surface area contributed by atoms with Crippen molar-refractivity contribution in [1.29, 1.82) is 0 Å². The van der Waals surface area contributed by atoms with Gasteiger partial charge in [0, 0.05) is 6.54 Å². The van der Waals surface area contributed by atoms with E-state index >= 15 is 0 Å². The molecule has 0 aliphatic rings. The Morgan fingerprint density at radius 3 is 2.27 bits per heavy atom. The van der Waals surface area contributed by atoms with Gasteiger partial charge >= 0.3 is 5.97 Å². The van der Waals surface area contributed by atoms with Crippen molar-refractivity contribution >= 4 is 11.9 Å². The Morgan fingerprint density at radius 1 is 0.833 bits per heavy atom. The van der Waals surface area contributed by atoms with Gasteiger partial charge in [-0.15, -0.1) is 0 Å². The first-order valence-electron chi connectivity index (χ1n) is 9.54. The number of benzene rings is 3. The molecule has 3 aromatic rings. The Hall–Kier alpha value is -3.80. The molecule has 3 aromatic carbocycles. The Balaban J connectivity index is 1.47. The number of para-hydroxylation sites is 2. The summed E-state index contributed by atoms with van der Waals surface area (Å²) < 4.78 is 16.0. The minimum absolute atomic E-state index is 0.257. The fraction of sp³-hybridized carbons (Fsp3) is 0.167. The number of carbonyl (C=O) groups excluding carboxylic acids is 2. The van der Waals surface area contributed by atoms with Crippen molar-refractivity contribution < 1.29 is 23.8 Å². The molecule has 3 rings (SSSR count). The van der Waals surface area contributed by atoms with Crippen molar-refractivity contribution in [2.24, 2.45) is 0 Å². The molecule has 1 amide bonds. The standard InChI is InChI=1S/C24H23NO5/c1-28-19-13-11-18(12-14-19)15-16-25-23(26)17-29-24(27)21-9-5-6-10-22(21)30-20-7-3-2-4-8-20/h2-14H,15-17H2,1H3,(H,25,26). The Morgan fingerprint density at radius 2 is 1.53 bits per heavy atom. The molecule has 0 heterocycles. The van der Waals surface area contributed by atoms with Crippen LogP contribution in [-0.4, -0.2) is 32.1 Å². The molecular formula is C24H23NO5. The van der Waals surface area contributed by atoms with Gasteiger partial charge in [0.2, 0.25) is 0 Å². The van der Waals surface area contributed by atoms with Crippen molar-refractivity contribution in [2.75, 3.05) is 20.3 Å². The monoisotopic (exact) mass is 405 g/mol. The number of carbonyl (C=O) groups is 2. The second-order valence-corrected chi connectivity index (χ2v) is 6.44. The van der Waals surface area contributed by atoms with Crippen molar-refractivity contribution in [2.45, 2.75) is 6.42 Å². The molecule has 30 heavy (non-hydrogen) atoms. The average Bonchev–Trinajstić information content (AvgIpc) is 2.79. The number of hydrogen-bond donors (Lipinski definition) is 1. The van der Waals surface area contributed by atoms with Gasteiger partial charge in [-0.2, -0.15) is 0 Å². The van der Waals surface area contributed by atoms with E-state index in [1.54, 1.807) is 43.5 Å². The lowest BCUT2D eigenvalue weighted by atomic mass is 10.1. The predicted octanol–water partition coefficient (Wildman–Crippen LogP) is 4.00. The van der Waals surface area contributed by atoms with Crippen molar-refractivity contribution in [3.8, 4) is 17.2 Å². The molecule has 1 N–H and O–H groups in total. The summed E-state index contributed by atoms with van der Waals surface area (Å²) in [5, 5.41) is 2.74. The lowest BCUT2D eigenvalue weighted by Gasteiger charge is -2.11. The minimum atomic E-state index is -0.619. The van der Waals surface area contributed by atoms with E-state index in [4.69, 9.17) is 14.2 Å². The second-order valence-electron chi connectivity index (χ2n) is 6.44. The third-order valence-corrected chi connectivity index (χ3v) is 4.31. The van der Waals surface area contributed by atoms with Gasteiger partial charge < -0.3 is 19.5 Å². The van der Waals surface area contributed by atoms with E-state index in [-0.39, 0.29) is 18.1 Å². The molecule has 0 saturated heterocycles. The van der Waals surface area contributed by atoms with Gasteiger partial charge in [0.1, 0.15) is 22.8 Å². The molecular weight excluding hydrogens is 382 g/mol. The van der Waals surface area contributed by atoms with Crippen molar-refractivity contribution in [3.63, 3.8) is 0 Å². The SMILES string of the molecule is COc1ccc(CCNC(=O)COC(=O)c2ccccc2Oc2ccccc2)cc1. The zero-order valence-electron chi connectivity index (χ0n) is 16.7. The summed E-state index contributed by atoms with van der Waals surface area (Å²) in [6, 6.07) is 23.5. The number of hydrogen-bond acceptors (Lipinski definition) is 5. The number of ether oxygens (including phenoxy) is 3. The summed E-state index contributed by atoms with van der Waals surface area (Å²) in [6.07, 6.45) is 0.664. The quantitative estimate of drug-likeness (QED) is 0.545. The summed E-state index contributed by atoms with van der Waals surface area (Å²) in [7, 11) is 1.61. The number of nitrogens with one attached hydrogen (secondary N) is 1. The van der Waals surface area contributed by atoms with Crippen LogP contribution in [0.1, 0.15) is 15.9 Å². The van der Waals surface area contributed by atoms with Crippen LogP contribution in [0.25, 0.3) is 0 Å². The molecule has 0 aliphatic carbocycles. The van der Waals surface area contributed by atoms with Crippen LogP contribution in [0.4, 0.5) is 0 Å². The van der Waals surface area contributed by atoms with Gasteiger partial charge in [0.15, 0.2) is 6.61 Å². The highest BCUT2D eigenvalue weighted by atomic mass is 16.5. The molecule has 0 spiro atoms. The van der Waals surface area contributed by atoms with E-state index in [1.165, 1.54) is 0 Å². The first-order chi connectivity index (χ1) is 14.7. The molecule has 0 radical (unpaired) electrons. The largest absolute Gasteiger partial charge is 0.497 e. The maximum Gasteiger partial charge on any atom is 0.342 e. The van der Waals surface area contributed by atoms with Gasteiger partial charge in [-0.3, -0.25) is 4.79 Å². The summed E-state index contributed by atoms with van der Waals surface area (Å²) in [5.41, 5.74) is 1.33. The van der Waals surface area contributed by atoms with Crippen LogP contribution in [0.15, 0.2) is 78.9 Å². The van der Waals surface area contributed by atoms with E-state index in [2.05, 4.69) is 5.32 Å². The maximum absolute atomic E-state index is 12.4. The molecule has 0 aromatic heterocycles. The molecule has 0 saturated carbocycles. The fourth-order valence-electron chi connectivity index (χ4n) is 2.74. The molecule has 0 fully saturated rings. The van der Waals surface area contributed by atoms with Crippen molar-refractivity contribution in [3.05, 3.63) is 90.0 Å². The smallest absolute Gasteiger partial charge is 0.342 e. The molecule has 6 heteroatoms. The molecule has 0 atom stereocenters. The van der Waals surface area contributed by atoms with E-state index in [9.17, 15) is 9.59 Å². The normalized spacial score (nSPS) is 10.2. The highest BCUT2D eigenvalue weighted by Gasteiger charge is 2.15. The zero-order chi connectivity index (χ0) is 21.2. The van der Waals surface area contributed by atoms with E-state index in [0.717, 1.165) is 11.3 Å². The lowest BCUT2D eigenvalue weighted by molar-refractivity contribution is -0.124. The zero-order valence-corrected chi connectivity index (χ0v) is 16.7. The Bertz CT molecular complexity index is 970. The number of esters is 1. The van der Waals surface area contributed by atoms with Crippen LogP contribution in [0.5, 0.6) is 17.2 Å². The molecule has 0 unspecified atom stereocenters. The first kappa shape index (κ1) is 20.9. The van der Waals surface area contributed by atoms with Gasteiger partial charge in [0.25, 0.3) is 5.91 Å². The predicted molar refractivity (Wildman–Crippen MR) is 113 cm³/mol. The topological polar surface area (TPSA) is 73.9 Å². The summed E-state index contributed by atoms with van der Waals surface area (Å²) in [4.78, 5) is 24.4. The maximum atomic E-state index is 12.4. The number of amides is 1. The third kappa shape index (κ3) is 6.10. The number of rotatable bonds is 9. The highest BCUT2D eigenvalue weighted by Crippen LogP contribution is 2.25. The fourth-order valence-corrected chi connectivity index (χ4v) is 2.74. The summed E-state index contributed by atoms with van der Waals surface area (Å²) in [6.45, 7) is 0.0809. The summed E-state index contributed by atoms with van der Waals surface area (Å²) >= 11 is 0. The van der Waals surface area contributed by atoms with Crippen LogP contribution in [0, 0.1) is 0 Å². The third-order valence-electron chi connectivity index (χ3n) is 4.31. The molecule has 154 valence electrons. The minimum Gasteiger partial charge on any atom is -0.497 e. The van der Waals surface area contributed by atoms with E-state index in [1.807, 2.05) is 42.5 Å². The van der Waals surface area contributed by atoms with Crippen LogP contribution in [0.3, 0.4) is 0 Å². The molecule has 0 aliphatic heterocycles. The van der Waals surface area contributed by atoms with Gasteiger partial charge in [-0.25, -0.2) is 4.79 Å². The van der Waals surface area contributed by atoms with Gasteiger partial charge in [-0.05, 0) is 48.4 Å². The van der Waals surface area contributed by atoms with Crippen molar-refractivity contribution in [1.82, 2.24) is 5.32 Å². The van der Waals surface area contributed by atoms with Crippen LogP contribution >= 0.6 is 0 Å². The highest BCUT2D eigenvalue weighted by molar-refractivity contribution is 5.94. The average molecular weight is 405 g/mol.